The van der Waals surface area contributed by atoms with Crippen molar-refractivity contribution < 1.29 is 4.79 Å². The van der Waals surface area contributed by atoms with Gasteiger partial charge in [0.25, 0.3) is 0 Å². The monoisotopic (exact) mass is 207 g/mol. The number of urea groups is 1. The van der Waals surface area contributed by atoms with E-state index in [0.717, 1.165) is 19.4 Å². The lowest BCUT2D eigenvalue weighted by Gasteiger charge is -2.16. The number of unbranched alkanes of at least 4 members (excludes halogenated alkanes) is 1. The molecule has 1 N–H and O–H groups in total. The van der Waals surface area contributed by atoms with Crippen molar-refractivity contribution in [2.24, 2.45) is 0 Å². The van der Waals surface area contributed by atoms with Crippen molar-refractivity contribution in [3.63, 3.8) is 0 Å². The van der Waals surface area contributed by atoms with E-state index in [2.05, 4.69) is 17.2 Å². The second-order valence-electron chi connectivity index (χ2n) is 3.42. The van der Waals surface area contributed by atoms with Gasteiger partial charge in [0.05, 0.1) is 0 Å². The van der Waals surface area contributed by atoms with Gasteiger partial charge in [-0.2, -0.15) is 0 Å². The van der Waals surface area contributed by atoms with Crippen LogP contribution in [-0.2, 0) is 0 Å². The number of rotatable bonds is 4. The Balaban J connectivity index is 2.42. The molecule has 0 fully saturated rings. The molecular formula is C11H17N3O. The zero-order chi connectivity index (χ0) is 11.1. The van der Waals surface area contributed by atoms with E-state index in [0.29, 0.717) is 5.82 Å². The van der Waals surface area contributed by atoms with Gasteiger partial charge in [0.1, 0.15) is 5.82 Å². The molecule has 0 aromatic carbocycles. The first-order valence-electron chi connectivity index (χ1n) is 5.17. The van der Waals surface area contributed by atoms with Crippen molar-refractivity contribution >= 4 is 11.8 Å². The topological polar surface area (TPSA) is 45.2 Å². The predicted octanol–water partition coefficient (Wildman–Crippen LogP) is 2.35. The quantitative estimate of drug-likeness (QED) is 0.823. The van der Waals surface area contributed by atoms with E-state index in [-0.39, 0.29) is 6.03 Å². The highest BCUT2D eigenvalue weighted by Gasteiger charge is 2.07. The van der Waals surface area contributed by atoms with Crippen molar-refractivity contribution in [1.82, 2.24) is 9.88 Å². The summed E-state index contributed by atoms with van der Waals surface area (Å²) in [4.78, 5) is 17.3. The Morgan fingerprint density at radius 2 is 2.33 bits per heavy atom. The fourth-order valence-electron chi connectivity index (χ4n) is 1.14. The number of carbonyl (C=O) groups is 1. The lowest BCUT2D eigenvalue weighted by Crippen LogP contribution is -2.32. The smallest absolute Gasteiger partial charge is 0.322 e. The third-order valence-corrected chi connectivity index (χ3v) is 2.09. The summed E-state index contributed by atoms with van der Waals surface area (Å²) in [5.41, 5.74) is 0. The van der Waals surface area contributed by atoms with E-state index in [4.69, 9.17) is 0 Å². The van der Waals surface area contributed by atoms with Crippen molar-refractivity contribution in [2.45, 2.75) is 19.8 Å². The van der Waals surface area contributed by atoms with Gasteiger partial charge in [0.15, 0.2) is 0 Å². The van der Waals surface area contributed by atoms with Crippen LogP contribution in [0.4, 0.5) is 10.6 Å². The standard InChI is InChI=1S/C11H17N3O/c1-3-4-9-14(2)11(15)13-10-7-5-6-8-12-10/h5-8H,3-4,9H2,1-2H3,(H,12,13,15). The van der Waals surface area contributed by atoms with Gasteiger partial charge < -0.3 is 4.90 Å². The molecule has 82 valence electrons. The van der Waals surface area contributed by atoms with Crippen molar-refractivity contribution in [3.05, 3.63) is 24.4 Å². The Morgan fingerprint density at radius 1 is 1.53 bits per heavy atom. The van der Waals surface area contributed by atoms with E-state index in [1.54, 1.807) is 24.2 Å². The van der Waals surface area contributed by atoms with Crippen LogP contribution in [0.3, 0.4) is 0 Å². The number of pyridine rings is 1. The second kappa shape index (κ2) is 6.01. The number of hydrogen-bond donors (Lipinski definition) is 1. The molecule has 1 aromatic heterocycles. The average molecular weight is 207 g/mol. The summed E-state index contributed by atoms with van der Waals surface area (Å²) in [5, 5.41) is 2.73. The molecule has 4 nitrogen and oxygen atoms in total. The molecule has 0 saturated heterocycles. The van der Waals surface area contributed by atoms with Crippen molar-refractivity contribution in [1.29, 1.82) is 0 Å². The third kappa shape index (κ3) is 3.97. The fraction of sp³-hybridized carbons (Fsp3) is 0.455. The molecule has 0 aliphatic rings. The van der Waals surface area contributed by atoms with Crippen LogP contribution in [0.25, 0.3) is 0 Å². The number of amides is 2. The normalized spacial score (nSPS) is 9.73. The second-order valence-corrected chi connectivity index (χ2v) is 3.42. The minimum atomic E-state index is -0.109. The highest BCUT2D eigenvalue weighted by Crippen LogP contribution is 2.02. The van der Waals surface area contributed by atoms with Crippen LogP contribution < -0.4 is 5.32 Å². The largest absolute Gasteiger partial charge is 0.328 e. The van der Waals surface area contributed by atoms with Gasteiger partial charge in [0.2, 0.25) is 0 Å². The number of nitrogens with zero attached hydrogens (tertiary/aromatic N) is 2. The van der Waals surface area contributed by atoms with Crippen LogP contribution in [0.15, 0.2) is 24.4 Å². The van der Waals surface area contributed by atoms with E-state index in [9.17, 15) is 4.79 Å². The van der Waals surface area contributed by atoms with E-state index >= 15 is 0 Å². The predicted molar refractivity (Wildman–Crippen MR) is 60.8 cm³/mol. The summed E-state index contributed by atoms with van der Waals surface area (Å²) in [7, 11) is 1.79. The summed E-state index contributed by atoms with van der Waals surface area (Å²) in [6.07, 6.45) is 3.76. The number of carbonyl (C=O) groups excluding carboxylic acids is 1. The van der Waals surface area contributed by atoms with Gasteiger partial charge in [-0.05, 0) is 18.6 Å². The maximum absolute atomic E-state index is 11.6. The highest BCUT2D eigenvalue weighted by molar-refractivity contribution is 5.87. The van der Waals surface area contributed by atoms with Crippen LogP contribution in [0.2, 0.25) is 0 Å². The molecule has 0 unspecified atom stereocenters. The zero-order valence-corrected chi connectivity index (χ0v) is 9.23. The number of hydrogen-bond acceptors (Lipinski definition) is 2. The number of aromatic nitrogens is 1. The molecule has 1 rings (SSSR count). The van der Waals surface area contributed by atoms with Gasteiger partial charge in [-0.3, -0.25) is 5.32 Å². The SMILES string of the molecule is CCCCN(C)C(=O)Nc1ccccn1. The maximum Gasteiger partial charge on any atom is 0.322 e. The molecule has 0 spiro atoms. The minimum absolute atomic E-state index is 0.109. The average Bonchev–Trinajstić information content (AvgIpc) is 2.27. The summed E-state index contributed by atoms with van der Waals surface area (Å²) < 4.78 is 0. The summed E-state index contributed by atoms with van der Waals surface area (Å²) in [5.74, 6) is 0.589. The Labute approximate surface area is 90.3 Å². The van der Waals surface area contributed by atoms with Crippen molar-refractivity contribution in [3.8, 4) is 0 Å². The fourth-order valence-corrected chi connectivity index (χ4v) is 1.14. The molecule has 1 aromatic rings. The first-order valence-corrected chi connectivity index (χ1v) is 5.17. The minimum Gasteiger partial charge on any atom is -0.328 e. The molecule has 0 atom stereocenters. The summed E-state index contributed by atoms with van der Waals surface area (Å²) in [6.45, 7) is 2.87. The van der Waals surface area contributed by atoms with Crippen molar-refractivity contribution in [2.75, 3.05) is 18.9 Å². The Morgan fingerprint density at radius 3 is 2.93 bits per heavy atom. The van der Waals surface area contributed by atoms with Crippen LogP contribution in [0.5, 0.6) is 0 Å². The lowest BCUT2D eigenvalue weighted by molar-refractivity contribution is 0.222. The Bertz CT molecular complexity index is 300. The van der Waals surface area contributed by atoms with Gasteiger partial charge in [-0.1, -0.05) is 19.4 Å². The summed E-state index contributed by atoms with van der Waals surface area (Å²) in [6, 6.07) is 5.32. The zero-order valence-electron chi connectivity index (χ0n) is 9.23. The first-order chi connectivity index (χ1) is 7.24. The lowest BCUT2D eigenvalue weighted by atomic mass is 10.3. The first kappa shape index (κ1) is 11.5. The molecule has 1 heterocycles. The van der Waals surface area contributed by atoms with E-state index in [1.807, 2.05) is 12.1 Å². The van der Waals surface area contributed by atoms with Gasteiger partial charge in [-0.25, -0.2) is 9.78 Å². The molecule has 0 radical (unpaired) electrons. The molecule has 0 bridgehead atoms. The molecule has 0 aliphatic carbocycles. The van der Waals surface area contributed by atoms with Crippen LogP contribution in [0.1, 0.15) is 19.8 Å². The Hall–Kier alpha value is -1.58. The van der Waals surface area contributed by atoms with Gasteiger partial charge >= 0.3 is 6.03 Å². The molecule has 2 amide bonds. The summed E-state index contributed by atoms with van der Waals surface area (Å²) >= 11 is 0. The molecular weight excluding hydrogens is 190 g/mol. The molecule has 0 saturated carbocycles. The number of nitrogens with one attached hydrogen (secondary N) is 1. The van der Waals surface area contributed by atoms with E-state index in [1.165, 1.54) is 0 Å². The maximum atomic E-state index is 11.6. The highest BCUT2D eigenvalue weighted by atomic mass is 16.2. The molecule has 15 heavy (non-hydrogen) atoms. The van der Waals surface area contributed by atoms with Gasteiger partial charge in [0, 0.05) is 19.8 Å². The number of anilines is 1. The Kier molecular flexibility index (Phi) is 4.60. The molecule has 0 aliphatic heterocycles. The van der Waals surface area contributed by atoms with E-state index < -0.39 is 0 Å². The third-order valence-electron chi connectivity index (χ3n) is 2.09. The van der Waals surface area contributed by atoms with Crippen LogP contribution in [0, 0.1) is 0 Å². The van der Waals surface area contributed by atoms with Gasteiger partial charge in [-0.15, -0.1) is 0 Å². The van der Waals surface area contributed by atoms with Crippen LogP contribution in [-0.4, -0.2) is 29.5 Å². The molecule has 4 heteroatoms. The van der Waals surface area contributed by atoms with Crippen LogP contribution >= 0.6 is 0 Å².